The van der Waals surface area contributed by atoms with Crippen LogP contribution in [0.2, 0.25) is 0 Å². The number of methoxy groups -OCH3 is 4. The highest BCUT2D eigenvalue weighted by Gasteiger charge is 2.49. The molecule has 0 spiro atoms. The van der Waals surface area contributed by atoms with Gasteiger partial charge in [0.25, 0.3) is 11.4 Å². The highest BCUT2D eigenvalue weighted by molar-refractivity contribution is 9.11. The molecule has 8 atom stereocenters. The van der Waals surface area contributed by atoms with Crippen molar-refractivity contribution >= 4 is 139 Å². The van der Waals surface area contributed by atoms with Crippen LogP contribution in [-0.4, -0.2) is 260 Å². The van der Waals surface area contributed by atoms with Crippen LogP contribution < -0.4 is 16.0 Å². The van der Waals surface area contributed by atoms with E-state index in [2.05, 4.69) is 134 Å². The number of nitriles is 2. The number of hydrogen-bond donors (Lipinski definition) is 2. The Labute approximate surface area is 879 Å². The van der Waals surface area contributed by atoms with Crippen LogP contribution >= 0.6 is 63.7 Å². The van der Waals surface area contributed by atoms with Crippen molar-refractivity contribution < 1.29 is 75.4 Å². The molecule has 6 saturated carbocycles. The summed E-state index contributed by atoms with van der Waals surface area (Å²) >= 11 is 13.5. The predicted octanol–water partition coefficient (Wildman–Crippen LogP) is 20.5. The number of nitrogens with one attached hydrogen (secondary N) is 1. The molecule has 6 aromatic heterocycles. The van der Waals surface area contributed by atoms with Crippen LogP contribution in [-0.2, 0) is 49.1 Å². The minimum atomic E-state index is -0.691. The summed E-state index contributed by atoms with van der Waals surface area (Å²) in [6, 6.07) is 11.4. The minimum Gasteiger partial charge on any atom is -0.444 e. The second-order valence-corrected chi connectivity index (χ2v) is 46.1. The van der Waals surface area contributed by atoms with Crippen LogP contribution in [0.3, 0.4) is 0 Å². The molecule has 4 aliphatic heterocycles. The number of likely N-dealkylation sites (tertiary alicyclic amines) is 4. The van der Waals surface area contributed by atoms with Gasteiger partial charge in [-0.3, -0.25) is 18.9 Å². The molecule has 780 valence electrons. The lowest BCUT2D eigenvalue weighted by Crippen LogP contribution is -2.42. The number of hydrogen-bond acceptors (Lipinski definition) is 24. The Balaban J connectivity index is 0.000000155. The lowest BCUT2D eigenvalue weighted by Gasteiger charge is -2.29. The van der Waals surface area contributed by atoms with Gasteiger partial charge in [0, 0.05) is 97.0 Å². The largest absolute Gasteiger partial charge is 0.444 e. The van der Waals surface area contributed by atoms with Crippen LogP contribution in [0.25, 0.3) is 31.8 Å². The maximum absolute atomic E-state index is 15.1. The van der Waals surface area contributed by atoms with Crippen molar-refractivity contribution in [2.24, 2.45) is 11.7 Å². The number of rotatable bonds is 20. The first kappa shape index (κ1) is 111. The molecule has 37 nitrogen and oxygen atoms in total. The summed E-state index contributed by atoms with van der Waals surface area (Å²) in [7, 11) is 6.43. The number of amides is 5. The van der Waals surface area contributed by atoms with Crippen molar-refractivity contribution in [1.82, 2.24) is 77.8 Å². The SMILES string of the molecule is C#Cc1cc2ncn(C3CC3)c2cc1F.COC[C@H]1C[C@H](n2nc(Br)c(C#N)c2N(C(=O)OC(C)(C)C)C2CC2)CN1C(=O)OC(C)(C)C.COC[C@H]1C[C@H](n2nc(C#Cc3cc4ncn(C5CC5)c4cc3F)c(C#N)c2CC2CC2)CN1C(=O)OC(C)(C)C.NC1CC1.[C-]#[N+]c1c(Br)nn([C@H]2C[C@H](COC)N(C(=O)OC(C)(C)C)C2)c1Br.[C-]#[N+]c1c(Br)nn([C@H]2C[C@H](COC)N(C(=O)OC(C)(C)C)C2)c1NC1CC1. The van der Waals surface area contributed by atoms with E-state index in [1.165, 1.54) is 25.0 Å². The fraction of sp³-hybridized carbons (Fsp3) is 0.618. The predicted molar refractivity (Wildman–Crippen MR) is 553 cm³/mol. The summed E-state index contributed by atoms with van der Waals surface area (Å²) < 4.78 is 91.1. The van der Waals surface area contributed by atoms with Gasteiger partial charge in [-0.15, -0.1) is 6.42 Å². The molecular weight excluding hydrogens is 2130 g/mol. The zero-order valence-electron chi connectivity index (χ0n) is 85.8. The van der Waals surface area contributed by atoms with Gasteiger partial charge in [0.15, 0.2) is 11.5 Å². The fourth-order valence-corrected chi connectivity index (χ4v) is 19.7. The average Bonchev–Trinajstić information content (AvgIpc) is 1.59. The Morgan fingerprint density at radius 2 is 0.883 bits per heavy atom. The van der Waals surface area contributed by atoms with Gasteiger partial charge in [0.2, 0.25) is 0 Å². The van der Waals surface area contributed by atoms with E-state index in [1.54, 1.807) is 108 Å². The average molecular weight is 2260 g/mol. The summed E-state index contributed by atoms with van der Waals surface area (Å²) in [6.07, 6.45) is 22.9. The first-order valence-corrected chi connectivity index (χ1v) is 52.1. The molecule has 6 aliphatic carbocycles. The number of imidazole rings is 2. The van der Waals surface area contributed by atoms with Gasteiger partial charge in [-0.1, -0.05) is 11.8 Å². The minimum absolute atomic E-state index is 0.0503. The third-order valence-corrected chi connectivity index (χ3v) is 27.3. The molecule has 145 heavy (non-hydrogen) atoms. The van der Waals surface area contributed by atoms with Gasteiger partial charge in [-0.25, -0.2) is 57.1 Å². The smallest absolute Gasteiger partial charge is 0.416 e. The molecule has 18 rings (SSSR count). The summed E-state index contributed by atoms with van der Waals surface area (Å²) in [5, 5.41) is 41.8. The number of carbonyl (C=O) groups excluding carboxylic acids is 5. The van der Waals surface area contributed by atoms with Gasteiger partial charge in [-0.2, -0.15) is 30.9 Å². The van der Waals surface area contributed by atoms with Crippen LogP contribution in [0, 0.1) is 77.5 Å². The van der Waals surface area contributed by atoms with Crippen LogP contribution in [0.15, 0.2) is 55.3 Å². The Bertz CT molecular complexity index is 6320. The molecule has 10 aliphatic rings. The lowest BCUT2D eigenvalue weighted by molar-refractivity contribution is 0.0136. The molecule has 0 unspecified atom stereocenters. The van der Waals surface area contributed by atoms with E-state index in [0.29, 0.717) is 167 Å². The first-order valence-electron chi connectivity index (χ1n) is 49.0. The Kier molecular flexibility index (Phi) is 35.8. The molecule has 0 bridgehead atoms. The molecule has 5 amide bonds. The topological polar surface area (TPSA) is 386 Å². The maximum atomic E-state index is 15.1. The zero-order chi connectivity index (χ0) is 106. The number of fused-ring (bicyclic) bond motifs is 2. The fourth-order valence-electron chi connectivity index (χ4n) is 17.5. The lowest BCUT2D eigenvalue weighted by atomic mass is 10.1. The van der Waals surface area contributed by atoms with Crippen LogP contribution in [0.4, 0.5) is 55.8 Å². The third-order valence-electron chi connectivity index (χ3n) is 25.0. The van der Waals surface area contributed by atoms with Crippen LogP contribution in [0.5, 0.6) is 0 Å². The quantitative estimate of drug-likeness (QED) is 0.0406. The molecule has 43 heteroatoms. The van der Waals surface area contributed by atoms with Crippen LogP contribution in [0.1, 0.15) is 276 Å². The number of nitrogens with two attached hydrogens (primary N) is 1. The van der Waals surface area contributed by atoms with Gasteiger partial charge >= 0.3 is 30.5 Å². The van der Waals surface area contributed by atoms with Gasteiger partial charge in [0.05, 0.1) is 139 Å². The molecule has 10 heterocycles. The second-order valence-electron chi connectivity index (χ2n) is 43.1. The number of halogens is 6. The molecule has 10 fully saturated rings. The van der Waals surface area contributed by atoms with Gasteiger partial charge < -0.3 is 82.4 Å². The number of aromatic nitrogens is 12. The van der Waals surface area contributed by atoms with E-state index in [1.807, 2.05) is 102 Å². The molecule has 0 radical (unpaired) electrons. The van der Waals surface area contributed by atoms with Crippen molar-refractivity contribution in [3.63, 3.8) is 0 Å². The molecule has 8 aromatic rings. The highest BCUT2D eigenvalue weighted by Crippen LogP contribution is 2.47. The number of terminal acetylenes is 1. The van der Waals surface area contributed by atoms with Gasteiger partial charge in [0.1, 0.15) is 87.1 Å². The van der Waals surface area contributed by atoms with E-state index in [-0.39, 0.29) is 89.1 Å². The molecule has 4 saturated heterocycles. The van der Waals surface area contributed by atoms with Gasteiger partial charge in [-0.05, 0) is 301 Å². The van der Waals surface area contributed by atoms with E-state index in [9.17, 15) is 38.9 Å². The summed E-state index contributed by atoms with van der Waals surface area (Å²) in [6.45, 7) is 45.4. The first-order chi connectivity index (χ1) is 68.5. The van der Waals surface area contributed by atoms with Crippen molar-refractivity contribution in [3.8, 4) is 36.3 Å². The standard InChI is InChI=1S/C31H35FN6O3.C23H34BrN5O5.C18H26BrN5O3.C15H20Br2N4O3.C12H9FN2.C3H7N/c1-31(2,3)41-30(39)36-16-22(13-23(36)17-40-4)38-28(11-19-5-6-19)24(15-33)26(35-38)10-7-20-12-27-29(14-25(20)32)37(18-34-27)21-8-9-21;1-22(2,3)33-20(30)27-12-15(10-16(27)13-32-7)29-19(17(11-25)18(24)26-29)28(14-8-9-14)21(31)34-23(4,5)6;1-18(2,3)27-17(25)23-9-12(8-13(23)10-26-5)24-16(21-11-6-7-11)14(20-4)15(19)22-24;1-15(2,3)24-14(22)20-7-9(6-10(20)8-23-5)21-13(17)11(18-4)12(16)19-21;1-2-8-5-11-12(6-10(8)13)15(7-14-11)9-3-4-9;4-3-1-2-3/h12,14,18-19,21-23H,5-6,8-9,11,13,16-17H2,1-4H3;14-16H,8-10,12-13H2,1-7H3;11-13,21H,6-10H2,1-3,5H3;9-10H,6-8H2,1-3,5H3;1,5-7,9H,3-4H2;3H,1-2,4H2/t22-,23+;15-,16+;12-,13+;9-,10+;;/m0000../s1. The molecule has 2 aromatic carbocycles. The van der Waals surface area contributed by atoms with Crippen molar-refractivity contribution in [3.05, 3.63) is 123 Å². The van der Waals surface area contributed by atoms with E-state index < -0.39 is 52.1 Å². The third kappa shape index (κ3) is 28.9. The number of ether oxygens (including phenoxy) is 9. The summed E-state index contributed by atoms with van der Waals surface area (Å²) in [5.74, 6) is 9.09. The Morgan fingerprint density at radius 3 is 1.25 bits per heavy atom. The van der Waals surface area contributed by atoms with E-state index in [0.717, 1.165) is 92.3 Å². The normalized spacial score (nSPS) is 20.7. The number of benzene rings is 2. The number of carbonyl (C=O) groups is 5. The monoisotopic (exact) mass is 2260 g/mol. The van der Waals surface area contributed by atoms with E-state index in [4.69, 9.17) is 73.0 Å². The molecular formula is C102H131Br4F2N23O14. The summed E-state index contributed by atoms with van der Waals surface area (Å²) in [4.78, 5) is 88.4. The van der Waals surface area contributed by atoms with E-state index >= 15 is 4.39 Å². The summed E-state index contributed by atoms with van der Waals surface area (Å²) in [5.41, 5.74) is 8.48. The Hall–Kier alpha value is -11.0. The van der Waals surface area contributed by atoms with Crippen molar-refractivity contribution in [1.29, 1.82) is 10.5 Å². The number of anilines is 2. The molecule has 3 N–H and O–H groups in total. The highest BCUT2D eigenvalue weighted by atomic mass is 79.9. The zero-order valence-corrected chi connectivity index (χ0v) is 92.1. The Morgan fingerprint density at radius 1 is 0.497 bits per heavy atom. The van der Waals surface area contributed by atoms with Crippen molar-refractivity contribution in [2.75, 3.05) is 91.3 Å². The number of nitrogens with zero attached hydrogens (tertiary/aromatic N) is 21. The van der Waals surface area contributed by atoms with Crippen molar-refractivity contribution in [2.45, 2.75) is 320 Å². The maximum Gasteiger partial charge on any atom is 0.416 e. The second kappa shape index (κ2) is 46.6.